The van der Waals surface area contributed by atoms with Crippen LogP contribution in [0.4, 0.5) is 0 Å². The van der Waals surface area contributed by atoms with Crippen molar-refractivity contribution in [3.63, 3.8) is 0 Å². The van der Waals surface area contributed by atoms with Gasteiger partial charge in [0.25, 0.3) is 0 Å². The molecule has 1 saturated heterocycles. The van der Waals surface area contributed by atoms with Crippen LogP contribution >= 0.6 is 15.9 Å². The van der Waals surface area contributed by atoms with E-state index >= 15 is 0 Å². The lowest BCUT2D eigenvalue weighted by molar-refractivity contribution is 0.145. The second-order valence-electron chi connectivity index (χ2n) is 2.72. The number of rotatable bonds is 2. The van der Waals surface area contributed by atoms with Crippen LogP contribution in [-0.4, -0.2) is 42.6 Å². The van der Waals surface area contributed by atoms with Gasteiger partial charge in [-0.25, -0.2) is 0 Å². The standard InChI is InChI=1S/C8H14BrNO/c1-2-3-10-4-5-11-7-8(9)6-10/h2,8H,1,3-7H2. The third-order valence-electron chi connectivity index (χ3n) is 1.69. The van der Waals surface area contributed by atoms with Crippen molar-refractivity contribution in [1.82, 2.24) is 4.90 Å². The van der Waals surface area contributed by atoms with E-state index in [4.69, 9.17) is 4.74 Å². The predicted octanol–water partition coefficient (Wildman–Crippen LogP) is 1.27. The van der Waals surface area contributed by atoms with Crippen LogP contribution in [0.5, 0.6) is 0 Å². The quantitative estimate of drug-likeness (QED) is 0.513. The van der Waals surface area contributed by atoms with Crippen molar-refractivity contribution >= 4 is 15.9 Å². The average molecular weight is 220 g/mol. The fourth-order valence-corrected chi connectivity index (χ4v) is 1.77. The SMILES string of the molecule is C=CCN1CCOCC(Br)C1. The first kappa shape index (κ1) is 9.23. The molecule has 1 rings (SSSR count). The highest BCUT2D eigenvalue weighted by Gasteiger charge is 2.14. The van der Waals surface area contributed by atoms with Crippen molar-refractivity contribution in [2.75, 3.05) is 32.8 Å². The molecule has 0 radical (unpaired) electrons. The monoisotopic (exact) mass is 219 g/mol. The maximum Gasteiger partial charge on any atom is 0.0604 e. The number of alkyl halides is 1. The molecule has 0 bridgehead atoms. The summed E-state index contributed by atoms with van der Waals surface area (Å²) in [7, 11) is 0. The van der Waals surface area contributed by atoms with Crippen LogP contribution < -0.4 is 0 Å². The van der Waals surface area contributed by atoms with E-state index in [9.17, 15) is 0 Å². The maximum atomic E-state index is 5.36. The fraction of sp³-hybridized carbons (Fsp3) is 0.750. The Kier molecular flexibility index (Phi) is 4.12. The van der Waals surface area contributed by atoms with Crippen LogP contribution in [0.25, 0.3) is 0 Å². The molecule has 0 saturated carbocycles. The van der Waals surface area contributed by atoms with Crippen molar-refractivity contribution in [2.45, 2.75) is 4.83 Å². The van der Waals surface area contributed by atoms with Crippen molar-refractivity contribution in [2.24, 2.45) is 0 Å². The molecule has 0 aliphatic carbocycles. The zero-order valence-corrected chi connectivity index (χ0v) is 8.22. The zero-order chi connectivity index (χ0) is 8.10. The van der Waals surface area contributed by atoms with E-state index in [-0.39, 0.29) is 0 Å². The molecule has 1 aliphatic heterocycles. The van der Waals surface area contributed by atoms with Gasteiger partial charge in [0.15, 0.2) is 0 Å². The molecule has 2 nitrogen and oxygen atoms in total. The van der Waals surface area contributed by atoms with Crippen molar-refractivity contribution in [1.29, 1.82) is 0 Å². The summed E-state index contributed by atoms with van der Waals surface area (Å²) in [5.74, 6) is 0. The van der Waals surface area contributed by atoms with E-state index in [1.165, 1.54) is 0 Å². The Labute approximate surface area is 76.3 Å². The fourth-order valence-electron chi connectivity index (χ4n) is 1.18. The molecule has 1 heterocycles. The minimum Gasteiger partial charge on any atom is -0.379 e. The van der Waals surface area contributed by atoms with E-state index in [0.29, 0.717) is 4.83 Å². The molecule has 1 aliphatic rings. The molecule has 0 N–H and O–H groups in total. The van der Waals surface area contributed by atoms with E-state index in [2.05, 4.69) is 27.4 Å². The third-order valence-corrected chi connectivity index (χ3v) is 2.25. The van der Waals surface area contributed by atoms with E-state index in [1.807, 2.05) is 6.08 Å². The van der Waals surface area contributed by atoms with Gasteiger partial charge in [-0.2, -0.15) is 0 Å². The minimum atomic E-state index is 0.477. The Morgan fingerprint density at radius 2 is 2.55 bits per heavy atom. The van der Waals surface area contributed by atoms with Gasteiger partial charge in [-0.3, -0.25) is 4.90 Å². The summed E-state index contributed by atoms with van der Waals surface area (Å²) in [6, 6.07) is 0. The molecule has 0 amide bonds. The molecular formula is C8H14BrNO. The smallest absolute Gasteiger partial charge is 0.0604 e. The Bertz CT molecular complexity index is 129. The highest BCUT2D eigenvalue weighted by atomic mass is 79.9. The number of ether oxygens (including phenoxy) is 1. The van der Waals surface area contributed by atoms with Gasteiger partial charge in [0.05, 0.1) is 18.0 Å². The van der Waals surface area contributed by atoms with E-state index < -0.39 is 0 Å². The molecule has 0 aromatic heterocycles. The summed E-state index contributed by atoms with van der Waals surface area (Å²) in [6.07, 6.45) is 1.94. The lowest BCUT2D eigenvalue weighted by Gasteiger charge is -2.17. The minimum absolute atomic E-state index is 0.477. The lowest BCUT2D eigenvalue weighted by Crippen LogP contribution is -2.30. The second kappa shape index (κ2) is 4.91. The normalized spacial score (nSPS) is 27.9. The number of hydrogen-bond donors (Lipinski definition) is 0. The van der Waals surface area contributed by atoms with Crippen LogP contribution in [0.3, 0.4) is 0 Å². The largest absolute Gasteiger partial charge is 0.379 e. The first-order chi connectivity index (χ1) is 5.33. The summed E-state index contributed by atoms with van der Waals surface area (Å²) < 4.78 is 5.36. The van der Waals surface area contributed by atoms with Gasteiger partial charge in [0.2, 0.25) is 0 Å². The molecule has 0 spiro atoms. The highest BCUT2D eigenvalue weighted by Crippen LogP contribution is 2.07. The molecule has 0 aromatic rings. The molecule has 11 heavy (non-hydrogen) atoms. The number of nitrogens with zero attached hydrogens (tertiary/aromatic N) is 1. The molecule has 0 aromatic carbocycles. The summed E-state index contributed by atoms with van der Waals surface area (Å²) in [6.45, 7) is 8.43. The second-order valence-corrected chi connectivity index (χ2v) is 4.02. The van der Waals surface area contributed by atoms with Crippen LogP contribution in [0, 0.1) is 0 Å². The van der Waals surface area contributed by atoms with Crippen LogP contribution in [-0.2, 0) is 4.74 Å². The zero-order valence-electron chi connectivity index (χ0n) is 6.63. The Hall–Kier alpha value is 0.140. The Morgan fingerprint density at radius 1 is 1.73 bits per heavy atom. The van der Waals surface area contributed by atoms with Crippen molar-refractivity contribution < 1.29 is 4.74 Å². The van der Waals surface area contributed by atoms with E-state index in [1.54, 1.807) is 0 Å². The van der Waals surface area contributed by atoms with Crippen molar-refractivity contribution in [3.8, 4) is 0 Å². The van der Waals surface area contributed by atoms with Crippen LogP contribution in [0.1, 0.15) is 0 Å². The Balaban J connectivity index is 2.32. The molecule has 1 fully saturated rings. The van der Waals surface area contributed by atoms with Gasteiger partial charge in [0, 0.05) is 19.6 Å². The van der Waals surface area contributed by atoms with Gasteiger partial charge < -0.3 is 4.74 Å². The summed E-state index contributed by atoms with van der Waals surface area (Å²) >= 11 is 3.55. The maximum absolute atomic E-state index is 5.36. The lowest BCUT2D eigenvalue weighted by atomic mass is 10.4. The number of hydrogen-bond acceptors (Lipinski definition) is 2. The van der Waals surface area contributed by atoms with Gasteiger partial charge in [-0.15, -0.1) is 6.58 Å². The first-order valence-corrected chi connectivity index (χ1v) is 4.79. The van der Waals surface area contributed by atoms with Gasteiger partial charge in [-0.05, 0) is 0 Å². The topological polar surface area (TPSA) is 12.5 Å². The highest BCUT2D eigenvalue weighted by molar-refractivity contribution is 9.09. The average Bonchev–Trinajstić information content (AvgIpc) is 2.15. The van der Waals surface area contributed by atoms with Gasteiger partial charge >= 0.3 is 0 Å². The molecule has 1 atom stereocenters. The van der Waals surface area contributed by atoms with Crippen LogP contribution in [0.15, 0.2) is 12.7 Å². The van der Waals surface area contributed by atoms with Gasteiger partial charge in [0.1, 0.15) is 0 Å². The van der Waals surface area contributed by atoms with Crippen molar-refractivity contribution in [3.05, 3.63) is 12.7 Å². The molecule has 1 unspecified atom stereocenters. The predicted molar refractivity (Wildman–Crippen MR) is 50.2 cm³/mol. The first-order valence-electron chi connectivity index (χ1n) is 3.88. The number of halogens is 1. The molecule has 3 heteroatoms. The van der Waals surface area contributed by atoms with Crippen LogP contribution in [0.2, 0.25) is 0 Å². The third kappa shape index (κ3) is 3.36. The molecule has 64 valence electrons. The molecular weight excluding hydrogens is 206 g/mol. The summed E-state index contributed by atoms with van der Waals surface area (Å²) in [5.41, 5.74) is 0. The van der Waals surface area contributed by atoms with E-state index in [0.717, 1.165) is 32.8 Å². The summed E-state index contributed by atoms with van der Waals surface area (Å²) in [5, 5.41) is 0. The Morgan fingerprint density at radius 3 is 3.27 bits per heavy atom. The summed E-state index contributed by atoms with van der Waals surface area (Å²) in [4.78, 5) is 2.81. The van der Waals surface area contributed by atoms with Gasteiger partial charge in [-0.1, -0.05) is 22.0 Å².